The lowest BCUT2D eigenvalue weighted by molar-refractivity contribution is -0.154. The number of ether oxygens (including phenoxy) is 2. The first-order valence-corrected chi connectivity index (χ1v) is 10.2. The van der Waals surface area contributed by atoms with Crippen LogP contribution in [0.4, 0.5) is 0 Å². The summed E-state index contributed by atoms with van der Waals surface area (Å²) in [5.41, 5.74) is 0.910. The van der Waals surface area contributed by atoms with Gasteiger partial charge in [0.1, 0.15) is 11.8 Å². The molecule has 1 aliphatic rings. The molecule has 1 saturated heterocycles. The third-order valence-corrected chi connectivity index (χ3v) is 6.04. The number of carbonyl (C=O) groups excluding carboxylic acids is 2. The van der Waals surface area contributed by atoms with Crippen LogP contribution in [-0.2, 0) is 20.7 Å². The van der Waals surface area contributed by atoms with E-state index in [0.717, 1.165) is 24.2 Å². The molecule has 0 aromatic heterocycles. The lowest BCUT2D eigenvalue weighted by Gasteiger charge is -2.30. The quantitative estimate of drug-likeness (QED) is 0.511. The van der Waals surface area contributed by atoms with Crippen LogP contribution >= 0.6 is 11.8 Å². The zero-order chi connectivity index (χ0) is 19.1. The number of thioether (sulfide) groups is 1. The summed E-state index contributed by atoms with van der Waals surface area (Å²) in [4.78, 5) is 27.2. The molecule has 5 nitrogen and oxygen atoms in total. The second-order valence-electron chi connectivity index (χ2n) is 6.83. The van der Waals surface area contributed by atoms with Gasteiger partial charge in [0, 0.05) is 5.75 Å². The maximum absolute atomic E-state index is 13.0. The number of benzene rings is 1. The summed E-state index contributed by atoms with van der Waals surface area (Å²) in [5.74, 6) is 1.32. The fraction of sp³-hybridized carbons (Fsp3) is 0.600. The number of hydrogen-bond acceptors (Lipinski definition) is 5. The van der Waals surface area contributed by atoms with E-state index in [1.807, 2.05) is 24.3 Å². The molecular weight excluding hydrogens is 350 g/mol. The number of rotatable bonds is 8. The Kier molecular flexibility index (Phi) is 7.82. The average molecular weight is 380 g/mol. The first-order chi connectivity index (χ1) is 12.5. The van der Waals surface area contributed by atoms with Crippen molar-refractivity contribution in [1.29, 1.82) is 0 Å². The number of hydrogen-bond donors (Lipinski definition) is 0. The van der Waals surface area contributed by atoms with Gasteiger partial charge in [-0.25, -0.2) is 4.79 Å². The summed E-state index contributed by atoms with van der Waals surface area (Å²) in [6, 6.07) is 6.97. The molecule has 2 unspecified atom stereocenters. The number of carbonyl (C=O) groups is 2. The van der Waals surface area contributed by atoms with E-state index in [2.05, 4.69) is 20.8 Å². The standard InChI is InChI=1S/C20H29NO4S/c1-5-6-11-25-20(23)17-13-26-19(14(2)3)21(17)18(22)12-15-7-9-16(24-4)10-8-15/h7-10,14,17,19H,5-6,11-13H2,1-4H3. The minimum atomic E-state index is -0.491. The van der Waals surface area contributed by atoms with Crippen molar-refractivity contribution in [2.45, 2.75) is 51.4 Å². The Morgan fingerprint density at radius 3 is 2.54 bits per heavy atom. The fourth-order valence-electron chi connectivity index (χ4n) is 2.96. The molecule has 26 heavy (non-hydrogen) atoms. The average Bonchev–Trinajstić information content (AvgIpc) is 3.08. The Morgan fingerprint density at radius 1 is 1.27 bits per heavy atom. The van der Waals surface area contributed by atoms with Crippen LogP contribution in [0, 0.1) is 5.92 Å². The van der Waals surface area contributed by atoms with E-state index >= 15 is 0 Å². The van der Waals surface area contributed by atoms with Crippen LogP contribution in [0.15, 0.2) is 24.3 Å². The maximum Gasteiger partial charge on any atom is 0.329 e. The minimum absolute atomic E-state index is 0.00414. The Labute approximate surface area is 160 Å². The van der Waals surface area contributed by atoms with Crippen molar-refractivity contribution in [3.05, 3.63) is 29.8 Å². The molecule has 1 aromatic carbocycles. The van der Waals surface area contributed by atoms with E-state index in [9.17, 15) is 9.59 Å². The molecule has 1 aromatic rings. The van der Waals surface area contributed by atoms with Crippen LogP contribution in [0.1, 0.15) is 39.2 Å². The molecule has 1 fully saturated rings. The highest BCUT2D eigenvalue weighted by Gasteiger charge is 2.43. The first-order valence-electron chi connectivity index (χ1n) is 9.20. The van der Waals surface area contributed by atoms with Crippen LogP contribution in [0.5, 0.6) is 5.75 Å². The third kappa shape index (κ3) is 5.16. The van der Waals surface area contributed by atoms with Crippen LogP contribution in [0.3, 0.4) is 0 Å². The number of unbranched alkanes of at least 4 members (excludes halogenated alkanes) is 1. The summed E-state index contributed by atoms with van der Waals surface area (Å²) in [6.07, 6.45) is 2.09. The van der Waals surface area contributed by atoms with E-state index in [4.69, 9.17) is 9.47 Å². The summed E-state index contributed by atoms with van der Waals surface area (Å²) < 4.78 is 10.6. The molecule has 0 saturated carbocycles. The van der Waals surface area contributed by atoms with Gasteiger partial charge in [0.2, 0.25) is 5.91 Å². The molecule has 1 amide bonds. The van der Waals surface area contributed by atoms with E-state index in [1.165, 1.54) is 0 Å². The monoisotopic (exact) mass is 379 g/mol. The van der Waals surface area contributed by atoms with Crippen molar-refractivity contribution < 1.29 is 19.1 Å². The number of methoxy groups -OCH3 is 1. The lowest BCUT2D eigenvalue weighted by Crippen LogP contribution is -2.48. The van der Waals surface area contributed by atoms with E-state index in [0.29, 0.717) is 12.4 Å². The van der Waals surface area contributed by atoms with Crippen LogP contribution in [0.25, 0.3) is 0 Å². The number of amides is 1. The van der Waals surface area contributed by atoms with Gasteiger partial charge in [0.05, 0.1) is 25.5 Å². The van der Waals surface area contributed by atoms with E-state index in [1.54, 1.807) is 23.8 Å². The van der Waals surface area contributed by atoms with Gasteiger partial charge >= 0.3 is 5.97 Å². The zero-order valence-electron chi connectivity index (χ0n) is 16.1. The van der Waals surface area contributed by atoms with Gasteiger partial charge < -0.3 is 14.4 Å². The third-order valence-electron chi connectivity index (χ3n) is 4.42. The number of nitrogens with zero attached hydrogens (tertiary/aromatic N) is 1. The number of esters is 1. The highest BCUT2D eigenvalue weighted by atomic mass is 32.2. The van der Waals surface area contributed by atoms with Crippen molar-refractivity contribution in [2.24, 2.45) is 5.92 Å². The highest BCUT2D eigenvalue weighted by molar-refractivity contribution is 8.00. The smallest absolute Gasteiger partial charge is 0.329 e. The molecule has 1 aliphatic heterocycles. The molecule has 1 heterocycles. The Bertz CT molecular complexity index is 602. The predicted octanol–water partition coefficient (Wildman–Crippen LogP) is 3.51. The van der Waals surface area contributed by atoms with Gasteiger partial charge in [-0.15, -0.1) is 11.8 Å². The maximum atomic E-state index is 13.0. The minimum Gasteiger partial charge on any atom is -0.497 e. The zero-order valence-corrected chi connectivity index (χ0v) is 16.9. The van der Waals surface area contributed by atoms with Crippen molar-refractivity contribution in [3.8, 4) is 5.75 Å². The lowest BCUT2D eigenvalue weighted by atomic mass is 10.1. The van der Waals surface area contributed by atoms with Crippen LogP contribution < -0.4 is 4.74 Å². The van der Waals surface area contributed by atoms with Crippen molar-refractivity contribution in [3.63, 3.8) is 0 Å². The largest absolute Gasteiger partial charge is 0.497 e. The molecule has 0 radical (unpaired) electrons. The summed E-state index contributed by atoms with van der Waals surface area (Å²) in [5, 5.41) is 0.00414. The summed E-state index contributed by atoms with van der Waals surface area (Å²) in [7, 11) is 1.61. The normalized spacial score (nSPS) is 19.7. The molecule has 2 rings (SSSR count). The van der Waals surface area contributed by atoms with Crippen LogP contribution in [-0.4, -0.2) is 47.7 Å². The molecule has 0 spiro atoms. The van der Waals surface area contributed by atoms with Gasteiger partial charge in [-0.3, -0.25) is 4.79 Å². The van der Waals surface area contributed by atoms with Gasteiger partial charge in [-0.1, -0.05) is 39.3 Å². The van der Waals surface area contributed by atoms with Crippen LogP contribution in [0.2, 0.25) is 0 Å². The SMILES string of the molecule is CCCCOC(=O)C1CSC(C(C)C)N1C(=O)Cc1ccc(OC)cc1. The first kappa shape index (κ1) is 20.6. The van der Waals surface area contributed by atoms with Gasteiger partial charge in [-0.2, -0.15) is 0 Å². The topological polar surface area (TPSA) is 55.8 Å². The Balaban J connectivity index is 2.10. The van der Waals surface area contributed by atoms with E-state index in [-0.39, 0.29) is 29.6 Å². The second-order valence-corrected chi connectivity index (χ2v) is 7.98. The molecule has 144 valence electrons. The molecule has 6 heteroatoms. The Morgan fingerprint density at radius 2 is 1.96 bits per heavy atom. The summed E-state index contributed by atoms with van der Waals surface area (Å²) in [6.45, 7) is 6.63. The highest BCUT2D eigenvalue weighted by Crippen LogP contribution is 2.35. The fourth-order valence-corrected chi connectivity index (χ4v) is 4.45. The molecule has 0 aliphatic carbocycles. The second kappa shape index (κ2) is 9.86. The Hall–Kier alpha value is -1.69. The van der Waals surface area contributed by atoms with Gasteiger partial charge in [0.25, 0.3) is 0 Å². The summed E-state index contributed by atoms with van der Waals surface area (Å²) >= 11 is 1.66. The molecule has 0 bridgehead atoms. The van der Waals surface area contributed by atoms with Crippen molar-refractivity contribution in [2.75, 3.05) is 19.5 Å². The van der Waals surface area contributed by atoms with E-state index < -0.39 is 6.04 Å². The molecule has 2 atom stereocenters. The molecular formula is C20H29NO4S. The van der Waals surface area contributed by atoms with Crippen molar-refractivity contribution in [1.82, 2.24) is 4.90 Å². The predicted molar refractivity (Wildman–Crippen MR) is 104 cm³/mol. The van der Waals surface area contributed by atoms with Crippen molar-refractivity contribution >= 4 is 23.6 Å². The molecule has 0 N–H and O–H groups in total. The van der Waals surface area contributed by atoms with Gasteiger partial charge in [-0.05, 0) is 30.0 Å². The van der Waals surface area contributed by atoms with Gasteiger partial charge in [0.15, 0.2) is 0 Å².